The van der Waals surface area contributed by atoms with Crippen LogP contribution in [0.25, 0.3) is 0 Å². The zero-order chi connectivity index (χ0) is 9.64. The van der Waals surface area contributed by atoms with Gasteiger partial charge in [0.1, 0.15) is 0 Å². The third kappa shape index (κ3) is 2.64. The smallest absolute Gasteiger partial charge is 0.0231 e. The molecule has 0 spiro atoms. The summed E-state index contributed by atoms with van der Waals surface area (Å²) in [5, 5.41) is 0. The second-order valence-electron chi connectivity index (χ2n) is 3.09. The van der Waals surface area contributed by atoms with E-state index in [0.717, 1.165) is 5.75 Å². The Labute approximate surface area is 89.0 Å². The first kappa shape index (κ1) is 9.35. The molecule has 0 nitrogen and oxygen atoms in total. The van der Waals surface area contributed by atoms with Crippen LogP contribution in [0, 0.1) is 0 Å². The molecule has 0 aliphatic carbocycles. The van der Waals surface area contributed by atoms with Gasteiger partial charge < -0.3 is 0 Å². The predicted molar refractivity (Wildman–Crippen MR) is 62.4 cm³/mol. The SMILES string of the molecule is c1ccc(CS[13c]2[13cH][13cH][13cH][13cH][13cH]2)cc1. The van der Waals surface area contributed by atoms with E-state index >= 15 is 0 Å². The molecule has 0 aromatic heterocycles. The second kappa shape index (κ2) is 4.87. The fraction of sp³-hybridized carbons (Fsp3) is 0.0769. The summed E-state index contributed by atoms with van der Waals surface area (Å²) in [6, 6.07) is 21.0. The average Bonchev–Trinajstić information content (AvgIpc) is 2.29. The third-order valence-corrected chi connectivity index (χ3v) is 3.07. The topological polar surface area (TPSA) is 0 Å². The Morgan fingerprint density at radius 1 is 0.714 bits per heavy atom. The fourth-order valence-electron chi connectivity index (χ4n) is 1.26. The molecule has 0 N–H and O–H groups in total. The van der Waals surface area contributed by atoms with Gasteiger partial charge in [0, 0.05) is 10.6 Å². The Hall–Kier alpha value is -1.21. The molecule has 0 fully saturated rings. The summed E-state index contributed by atoms with van der Waals surface area (Å²) in [5.41, 5.74) is 1.38. The number of thioether (sulfide) groups is 1. The Balaban J connectivity index is 1.96. The molecule has 2 rings (SSSR count). The molecule has 2 aromatic carbocycles. The summed E-state index contributed by atoms with van der Waals surface area (Å²) < 4.78 is 0. The maximum absolute atomic E-state index is 2.16. The first-order valence-corrected chi connectivity index (χ1v) is 5.65. The minimum Gasteiger partial charge on any atom is -0.121 e. The lowest BCUT2D eigenvalue weighted by atomic mass is 10.2. The summed E-state index contributed by atoms with van der Waals surface area (Å²) in [4.78, 5) is 1.33. The minimum atomic E-state index is 1.05. The maximum atomic E-state index is 2.16. The molecule has 0 aliphatic rings. The first-order chi connectivity index (χ1) is 6.95. The summed E-state index contributed by atoms with van der Waals surface area (Å²) in [5.74, 6) is 1.05. The van der Waals surface area contributed by atoms with Gasteiger partial charge in [-0.25, -0.2) is 0 Å². The van der Waals surface area contributed by atoms with E-state index in [1.54, 1.807) is 0 Å². The van der Waals surface area contributed by atoms with Crippen molar-refractivity contribution < 1.29 is 0 Å². The molecular weight excluding hydrogens is 194 g/mol. The van der Waals surface area contributed by atoms with Gasteiger partial charge in [-0.2, -0.15) is 0 Å². The Morgan fingerprint density at radius 3 is 1.93 bits per heavy atom. The molecule has 0 bridgehead atoms. The molecule has 0 radical (unpaired) electrons. The maximum Gasteiger partial charge on any atom is 0.0231 e. The minimum absolute atomic E-state index is 1.05. The zero-order valence-electron chi connectivity index (χ0n) is 7.89. The van der Waals surface area contributed by atoms with Gasteiger partial charge in [0.15, 0.2) is 0 Å². The van der Waals surface area contributed by atoms with Crippen LogP contribution >= 0.6 is 11.8 Å². The average molecular weight is 206 g/mol. The van der Waals surface area contributed by atoms with Crippen molar-refractivity contribution in [2.45, 2.75) is 10.6 Å². The molecule has 0 heterocycles. The van der Waals surface area contributed by atoms with Crippen molar-refractivity contribution in [2.75, 3.05) is 0 Å². The summed E-state index contributed by atoms with van der Waals surface area (Å²) in [6.07, 6.45) is 0. The molecule has 0 aliphatic heterocycles. The van der Waals surface area contributed by atoms with Crippen molar-refractivity contribution in [1.29, 1.82) is 0 Å². The first-order valence-electron chi connectivity index (χ1n) is 4.67. The van der Waals surface area contributed by atoms with Crippen LogP contribution in [0.2, 0.25) is 0 Å². The highest BCUT2D eigenvalue weighted by atomic mass is 32.2. The lowest BCUT2D eigenvalue weighted by Crippen LogP contribution is -1.78. The molecule has 14 heavy (non-hydrogen) atoms. The summed E-state index contributed by atoms with van der Waals surface area (Å²) in [6.45, 7) is 0. The van der Waals surface area contributed by atoms with E-state index in [1.165, 1.54) is 10.5 Å². The van der Waals surface area contributed by atoms with Gasteiger partial charge in [-0.1, -0.05) is 48.5 Å². The van der Waals surface area contributed by atoms with Crippen LogP contribution < -0.4 is 0 Å². The second-order valence-corrected chi connectivity index (χ2v) is 4.14. The van der Waals surface area contributed by atoms with Crippen LogP contribution in [0.5, 0.6) is 0 Å². The van der Waals surface area contributed by atoms with E-state index in [4.69, 9.17) is 0 Å². The van der Waals surface area contributed by atoms with Gasteiger partial charge in [0.05, 0.1) is 0 Å². The zero-order valence-corrected chi connectivity index (χ0v) is 8.71. The molecule has 0 amide bonds. The molecule has 0 saturated heterocycles. The van der Waals surface area contributed by atoms with E-state index in [1.807, 2.05) is 17.8 Å². The van der Waals surface area contributed by atoms with Gasteiger partial charge >= 0.3 is 0 Å². The molecule has 2 aromatic rings. The quantitative estimate of drug-likeness (QED) is 0.684. The van der Waals surface area contributed by atoms with Crippen LogP contribution in [-0.4, -0.2) is 0 Å². The van der Waals surface area contributed by atoms with Gasteiger partial charge in [0.2, 0.25) is 0 Å². The van der Waals surface area contributed by atoms with E-state index in [2.05, 4.69) is 54.6 Å². The van der Waals surface area contributed by atoms with Crippen molar-refractivity contribution >= 4 is 11.8 Å². The van der Waals surface area contributed by atoms with Gasteiger partial charge in [0.25, 0.3) is 0 Å². The van der Waals surface area contributed by atoms with Crippen LogP contribution in [0.4, 0.5) is 0 Å². The standard InChI is InChI=1S/C13H12S/c1-3-7-12(8-4-1)11-14-13-9-5-2-6-10-13/h1-10H,11H2/i2+1,5+1,6+1,9+1,10+1,13+1. The summed E-state index contributed by atoms with van der Waals surface area (Å²) >= 11 is 1.87. The Morgan fingerprint density at radius 2 is 1.29 bits per heavy atom. The van der Waals surface area contributed by atoms with Crippen LogP contribution in [-0.2, 0) is 5.75 Å². The van der Waals surface area contributed by atoms with E-state index in [9.17, 15) is 0 Å². The Kier molecular flexibility index (Phi) is 3.25. The third-order valence-electron chi connectivity index (χ3n) is 1.99. The molecule has 0 atom stereocenters. The lowest BCUT2D eigenvalue weighted by Gasteiger charge is -2.00. The van der Waals surface area contributed by atoms with E-state index in [-0.39, 0.29) is 0 Å². The van der Waals surface area contributed by atoms with E-state index < -0.39 is 0 Å². The number of hydrogen-bond donors (Lipinski definition) is 0. The largest absolute Gasteiger partial charge is 0.121 e. The number of benzene rings is 2. The normalized spacial score (nSPS) is 10.0. The molecule has 1 heteroatoms. The number of hydrogen-bond acceptors (Lipinski definition) is 1. The van der Waals surface area contributed by atoms with E-state index in [0.29, 0.717) is 0 Å². The lowest BCUT2D eigenvalue weighted by molar-refractivity contribution is 1.38. The van der Waals surface area contributed by atoms with Gasteiger partial charge in [-0.05, 0) is 17.7 Å². The summed E-state index contributed by atoms with van der Waals surface area (Å²) in [7, 11) is 0. The van der Waals surface area contributed by atoms with Crippen molar-refractivity contribution in [3.8, 4) is 0 Å². The monoisotopic (exact) mass is 206 g/mol. The van der Waals surface area contributed by atoms with Crippen LogP contribution in [0.15, 0.2) is 65.6 Å². The predicted octanol–water partition coefficient (Wildman–Crippen LogP) is 3.98. The molecular formula is C13H12S. The molecule has 0 saturated carbocycles. The highest BCUT2D eigenvalue weighted by molar-refractivity contribution is 7.98. The van der Waals surface area contributed by atoms with Crippen molar-refractivity contribution in [3.63, 3.8) is 0 Å². The van der Waals surface area contributed by atoms with Crippen molar-refractivity contribution in [1.82, 2.24) is 0 Å². The van der Waals surface area contributed by atoms with Crippen LogP contribution in [0.1, 0.15) is 5.56 Å². The highest BCUT2D eigenvalue weighted by Gasteiger charge is 1.93. The molecule has 70 valence electrons. The van der Waals surface area contributed by atoms with Gasteiger partial charge in [-0.3, -0.25) is 0 Å². The molecule has 0 unspecified atom stereocenters. The fourth-order valence-corrected chi connectivity index (χ4v) is 2.13. The Bertz CT molecular complexity index is 327. The van der Waals surface area contributed by atoms with Gasteiger partial charge in [-0.15, -0.1) is 11.8 Å². The van der Waals surface area contributed by atoms with Crippen molar-refractivity contribution in [3.05, 3.63) is 66.2 Å². The van der Waals surface area contributed by atoms with Crippen LogP contribution in [0.3, 0.4) is 0 Å². The highest BCUT2D eigenvalue weighted by Crippen LogP contribution is 2.21. The number of rotatable bonds is 3. The van der Waals surface area contributed by atoms with Crippen molar-refractivity contribution in [2.24, 2.45) is 0 Å².